The molecule has 0 spiro atoms. The first-order chi connectivity index (χ1) is 11.7. The summed E-state index contributed by atoms with van der Waals surface area (Å²) >= 11 is 0. The highest BCUT2D eigenvalue weighted by atomic mass is 33.1. The zero-order valence-electron chi connectivity index (χ0n) is 15.9. The fraction of sp³-hybridized carbons (Fsp3) is 0.833. The van der Waals surface area contributed by atoms with Crippen molar-refractivity contribution in [1.82, 2.24) is 5.32 Å². The van der Waals surface area contributed by atoms with Crippen LogP contribution in [0.2, 0.25) is 0 Å². The highest BCUT2D eigenvalue weighted by Crippen LogP contribution is 2.42. The van der Waals surface area contributed by atoms with E-state index in [0.29, 0.717) is 11.0 Å². The summed E-state index contributed by atoms with van der Waals surface area (Å²) in [6.07, 6.45) is 6.29. The summed E-state index contributed by atoms with van der Waals surface area (Å²) in [6, 6.07) is -0.573. The number of carboxylic acid groups (broad SMARTS) is 1. The maximum Gasteiger partial charge on any atom is 0.327 e. The van der Waals surface area contributed by atoms with Gasteiger partial charge in [0.05, 0.1) is 4.75 Å². The van der Waals surface area contributed by atoms with Crippen LogP contribution >= 0.6 is 43.2 Å². The first-order valence-corrected chi connectivity index (χ1v) is 13.7. The van der Waals surface area contributed by atoms with E-state index >= 15 is 0 Å². The molecule has 1 saturated heterocycles. The van der Waals surface area contributed by atoms with Crippen molar-refractivity contribution in [1.29, 1.82) is 0 Å². The summed E-state index contributed by atoms with van der Waals surface area (Å²) in [5.74, 6) is 1.68. The van der Waals surface area contributed by atoms with Crippen molar-refractivity contribution in [3.8, 4) is 0 Å². The molecular formula is C18H33NO2S4. The molecule has 7 heteroatoms. The molecule has 0 aliphatic carbocycles. The fourth-order valence-electron chi connectivity index (χ4n) is 2.35. The van der Waals surface area contributed by atoms with Gasteiger partial charge >= 0.3 is 5.97 Å². The Morgan fingerprint density at radius 3 is 2.72 bits per heavy atom. The highest BCUT2D eigenvalue weighted by Gasteiger charge is 2.28. The van der Waals surface area contributed by atoms with Gasteiger partial charge in [-0.15, -0.1) is 0 Å². The standard InChI is InChI=1S/C18H33NO2S4/c1-13(2)8-6-7-9-15-10-11-22-25-18(4,5)14(3)19-16(17(20)21)12-23-24-15/h13,15-16,19H,3,6-12H2,1-2,4-5H3,(H,20,21). The molecule has 1 fully saturated rings. The van der Waals surface area contributed by atoms with Crippen LogP contribution in [0.5, 0.6) is 0 Å². The third kappa shape index (κ3) is 9.78. The summed E-state index contributed by atoms with van der Waals surface area (Å²) in [6.45, 7) is 12.9. The topological polar surface area (TPSA) is 49.3 Å². The minimum atomic E-state index is -0.798. The lowest BCUT2D eigenvalue weighted by Gasteiger charge is -2.30. The Balaban J connectivity index is 2.60. The second-order valence-electron chi connectivity index (χ2n) is 7.40. The van der Waals surface area contributed by atoms with Crippen molar-refractivity contribution in [2.45, 2.75) is 75.8 Å². The van der Waals surface area contributed by atoms with Crippen LogP contribution < -0.4 is 5.32 Å². The zero-order chi connectivity index (χ0) is 18.9. The van der Waals surface area contributed by atoms with E-state index in [9.17, 15) is 9.90 Å². The Morgan fingerprint density at radius 2 is 2.08 bits per heavy atom. The maximum absolute atomic E-state index is 11.5. The van der Waals surface area contributed by atoms with Crippen molar-refractivity contribution >= 4 is 49.1 Å². The smallest absolute Gasteiger partial charge is 0.327 e. The normalized spacial score (nSPS) is 25.7. The molecule has 2 unspecified atom stereocenters. The first kappa shape index (κ1) is 23.4. The van der Waals surface area contributed by atoms with Crippen molar-refractivity contribution in [3.05, 3.63) is 12.3 Å². The number of aliphatic carboxylic acids is 1. The molecule has 1 aliphatic rings. The van der Waals surface area contributed by atoms with E-state index in [1.807, 2.05) is 21.6 Å². The lowest BCUT2D eigenvalue weighted by molar-refractivity contribution is -0.138. The molecule has 0 amide bonds. The largest absolute Gasteiger partial charge is 0.480 e. The van der Waals surface area contributed by atoms with Crippen LogP contribution in [-0.2, 0) is 4.79 Å². The number of carboxylic acids is 1. The SMILES string of the molecule is C=C1NC(C(=O)O)CSSC(CCCCC(C)C)CCSSC1(C)C. The minimum Gasteiger partial charge on any atom is -0.480 e. The molecule has 146 valence electrons. The Kier molecular flexibility index (Phi) is 11.2. The van der Waals surface area contributed by atoms with Crippen molar-refractivity contribution < 1.29 is 9.90 Å². The summed E-state index contributed by atoms with van der Waals surface area (Å²) in [5.41, 5.74) is 0.800. The van der Waals surface area contributed by atoms with Crippen LogP contribution in [0.25, 0.3) is 0 Å². The molecule has 0 aromatic carbocycles. The number of nitrogens with one attached hydrogen (secondary N) is 1. The van der Waals surface area contributed by atoms with Gasteiger partial charge in [-0.3, -0.25) is 0 Å². The second-order valence-corrected chi connectivity index (χ2v) is 13.2. The number of carbonyl (C=O) groups is 1. The van der Waals surface area contributed by atoms with E-state index in [0.717, 1.165) is 17.4 Å². The van der Waals surface area contributed by atoms with Gasteiger partial charge in [0.25, 0.3) is 0 Å². The van der Waals surface area contributed by atoms with E-state index in [1.165, 1.54) is 32.1 Å². The molecule has 0 aromatic rings. The summed E-state index contributed by atoms with van der Waals surface area (Å²) in [4.78, 5) is 11.5. The zero-order valence-corrected chi connectivity index (χ0v) is 19.1. The van der Waals surface area contributed by atoms with Gasteiger partial charge in [0.1, 0.15) is 6.04 Å². The molecule has 25 heavy (non-hydrogen) atoms. The van der Waals surface area contributed by atoms with Crippen LogP contribution in [0, 0.1) is 5.92 Å². The van der Waals surface area contributed by atoms with E-state index in [1.54, 1.807) is 21.6 Å². The van der Waals surface area contributed by atoms with Gasteiger partial charge < -0.3 is 10.4 Å². The van der Waals surface area contributed by atoms with Crippen LogP contribution in [0.1, 0.15) is 59.8 Å². The van der Waals surface area contributed by atoms with Gasteiger partial charge in [-0.25, -0.2) is 4.79 Å². The molecule has 0 bridgehead atoms. The average Bonchev–Trinajstić information content (AvgIpc) is 2.52. The molecule has 2 atom stereocenters. The summed E-state index contributed by atoms with van der Waals surface area (Å²) in [7, 11) is 7.25. The van der Waals surface area contributed by atoms with Crippen molar-refractivity contribution in [3.63, 3.8) is 0 Å². The van der Waals surface area contributed by atoms with Gasteiger partial charge in [-0.1, -0.05) is 82.9 Å². The molecule has 2 N–H and O–H groups in total. The molecule has 0 saturated carbocycles. The highest BCUT2D eigenvalue weighted by molar-refractivity contribution is 8.77. The van der Waals surface area contributed by atoms with Gasteiger partial charge in [0, 0.05) is 22.5 Å². The van der Waals surface area contributed by atoms with Gasteiger partial charge in [-0.2, -0.15) is 0 Å². The maximum atomic E-state index is 11.5. The Labute approximate surface area is 169 Å². The van der Waals surface area contributed by atoms with E-state index in [4.69, 9.17) is 0 Å². The van der Waals surface area contributed by atoms with Crippen LogP contribution in [0.4, 0.5) is 0 Å². The van der Waals surface area contributed by atoms with Crippen LogP contribution in [0.3, 0.4) is 0 Å². The third-order valence-electron chi connectivity index (χ3n) is 4.16. The number of rotatable bonds is 6. The quantitative estimate of drug-likeness (QED) is 0.397. The van der Waals surface area contributed by atoms with E-state index in [-0.39, 0.29) is 4.75 Å². The predicted molar refractivity (Wildman–Crippen MR) is 120 cm³/mol. The first-order valence-electron chi connectivity index (χ1n) is 9.00. The monoisotopic (exact) mass is 423 g/mol. The van der Waals surface area contributed by atoms with Crippen LogP contribution in [-0.4, -0.2) is 38.6 Å². The fourth-order valence-corrected chi connectivity index (χ4v) is 8.05. The van der Waals surface area contributed by atoms with Crippen molar-refractivity contribution in [2.75, 3.05) is 11.5 Å². The molecule has 0 radical (unpaired) electrons. The minimum absolute atomic E-state index is 0.178. The Morgan fingerprint density at radius 1 is 1.36 bits per heavy atom. The van der Waals surface area contributed by atoms with Crippen molar-refractivity contribution in [2.24, 2.45) is 5.92 Å². The molecular weight excluding hydrogens is 390 g/mol. The summed E-state index contributed by atoms with van der Waals surface area (Å²) < 4.78 is -0.178. The predicted octanol–water partition coefficient (Wildman–Crippen LogP) is 6.07. The van der Waals surface area contributed by atoms with Gasteiger partial charge in [-0.05, 0) is 32.6 Å². The molecule has 3 nitrogen and oxygen atoms in total. The lowest BCUT2D eigenvalue weighted by atomic mass is 10.0. The number of hydrogen-bond acceptors (Lipinski definition) is 6. The lowest BCUT2D eigenvalue weighted by Crippen LogP contribution is -2.42. The number of unbranched alkanes of at least 4 members (excludes halogenated alkanes) is 1. The van der Waals surface area contributed by atoms with E-state index in [2.05, 4.69) is 39.6 Å². The number of hydrogen-bond donors (Lipinski definition) is 2. The molecule has 0 aromatic heterocycles. The Bertz CT molecular complexity index is 429. The third-order valence-corrected chi connectivity index (χ3v) is 10.4. The summed E-state index contributed by atoms with van der Waals surface area (Å²) in [5, 5.41) is 13.2. The van der Waals surface area contributed by atoms with Gasteiger partial charge in [0.15, 0.2) is 0 Å². The molecule has 1 heterocycles. The molecule has 1 aliphatic heterocycles. The second kappa shape index (κ2) is 12.0. The Hall–Kier alpha value is 0.410. The van der Waals surface area contributed by atoms with Crippen LogP contribution in [0.15, 0.2) is 12.3 Å². The average molecular weight is 424 g/mol. The molecule has 1 rings (SSSR count). The van der Waals surface area contributed by atoms with Gasteiger partial charge in [0.2, 0.25) is 0 Å². The van der Waals surface area contributed by atoms with E-state index < -0.39 is 12.0 Å².